The zero-order chi connectivity index (χ0) is 24.3. The van der Waals surface area contributed by atoms with E-state index in [2.05, 4.69) is 56.1 Å². The van der Waals surface area contributed by atoms with Crippen molar-refractivity contribution in [3.63, 3.8) is 0 Å². The number of nitrogens with one attached hydrogen (secondary N) is 2. The number of para-hydroxylation sites is 1. The van der Waals surface area contributed by atoms with Crippen LogP contribution in [0.2, 0.25) is 0 Å². The van der Waals surface area contributed by atoms with E-state index in [1.807, 2.05) is 30.3 Å². The molecule has 184 valence electrons. The summed E-state index contributed by atoms with van der Waals surface area (Å²) in [6.07, 6.45) is 5.45. The van der Waals surface area contributed by atoms with Gasteiger partial charge in [-0.25, -0.2) is 0 Å². The van der Waals surface area contributed by atoms with Gasteiger partial charge in [0.2, 0.25) is 10.9 Å². The van der Waals surface area contributed by atoms with Crippen LogP contribution in [0.4, 0.5) is 5.69 Å². The molecule has 0 saturated carbocycles. The Morgan fingerprint density at radius 1 is 0.971 bits per heavy atom. The van der Waals surface area contributed by atoms with Crippen LogP contribution in [-0.4, -0.2) is 53.1 Å². The number of nitrogens with zero attached hydrogens (tertiary/aromatic N) is 3. The molecular formula is C27H33N5O2S. The van der Waals surface area contributed by atoms with E-state index in [-0.39, 0.29) is 11.8 Å². The van der Waals surface area contributed by atoms with E-state index < -0.39 is 0 Å². The highest BCUT2D eigenvalue weighted by atomic mass is 32.1. The Morgan fingerprint density at radius 2 is 1.69 bits per heavy atom. The van der Waals surface area contributed by atoms with E-state index in [0.29, 0.717) is 35.1 Å². The predicted octanol–water partition coefficient (Wildman–Crippen LogP) is 4.18. The molecule has 0 spiro atoms. The van der Waals surface area contributed by atoms with Crippen molar-refractivity contribution in [1.82, 2.24) is 20.4 Å². The van der Waals surface area contributed by atoms with Crippen LogP contribution < -0.4 is 10.6 Å². The fraction of sp³-hybridized carbons (Fsp3) is 0.407. The van der Waals surface area contributed by atoms with Crippen LogP contribution >= 0.6 is 11.3 Å². The standard InChI is InChI=1S/C27H33N5O2S/c33-24(12-13-25-30-31-27(35-25)26(34)29-23-10-5-2-6-11-23)28-16-7-17-32-18-14-22(15-19-32)20-21-8-3-1-4-9-21/h1-6,8-11,22H,7,12-20H2,(H,28,33)(H,29,34). The monoisotopic (exact) mass is 491 g/mol. The van der Waals surface area contributed by atoms with Gasteiger partial charge in [0, 0.05) is 25.1 Å². The summed E-state index contributed by atoms with van der Waals surface area (Å²) >= 11 is 1.23. The molecule has 1 aromatic heterocycles. The molecule has 2 heterocycles. The van der Waals surface area contributed by atoms with Gasteiger partial charge in [0.25, 0.3) is 5.91 Å². The molecule has 0 bridgehead atoms. The summed E-state index contributed by atoms with van der Waals surface area (Å²) in [5.41, 5.74) is 2.15. The van der Waals surface area contributed by atoms with Gasteiger partial charge in [-0.1, -0.05) is 59.9 Å². The minimum absolute atomic E-state index is 0.0112. The molecule has 0 aliphatic carbocycles. The maximum Gasteiger partial charge on any atom is 0.286 e. The van der Waals surface area contributed by atoms with Gasteiger partial charge < -0.3 is 15.5 Å². The van der Waals surface area contributed by atoms with Crippen LogP contribution in [0, 0.1) is 5.92 Å². The van der Waals surface area contributed by atoms with Crippen LogP contribution in [0.5, 0.6) is 0 Å². The van der Waals surface area contributed by atoms with Gasteiger partial charge in [-0.2, -0.15) is 0 Å². The number of hydrogen-bond acceptors (Lipinski definition) is 6. The van der Waals surface area contributed by atoms with Gasteiger partial charge in [0.15, 0.2) is 0 Å². The van der Waals surface area contributed by atoms with Crippen LogP contribution in [0.15, 0.2) is 60.7 Å². The minimum Gasteiger partial charge on any atom is -0.356 e. The first kappa shape index (κ1) is 25.0. The van der Waals surface area contributed by atoms with Gasteiger partial charge in [0.1, 0.15) is 5.01 Å². The number of hydrogen-bond donors (Lipinski definition) is 2. The molecule has 2 aromatic carbocycles. The lowest BCUT2D eigenvalue weighted by Crippen LogP contribution is -2.36. The average Bonchev–Trinajstić information content (AvgIpc) is 3.37. The second kappa shape index (κ2) is 13.1. The molecule has 2 N–H and O–H groups in total. The first-order valence-corrected chi connectivity index (χ1v) is 13.2. The van der Waals surface area contributed by atoms with E-state index in [1.165, 1.54) is 36.2 Å². The highest BCUT2D eigenvalue weighted by molar-refractivity contribution is 7.13. The molecule has 7 nitrogen and oxygen atoms in total. The average molecular weight is 492 g/mol. The Hall–Kier alpha value is -3.10. The van der Waals surface area contributed by atoms with Crippen molar-refractivity contribution in [2.24, 2.45) is 5.92 Å². The first-order valence-electron chi connectivity index (χ1n) is 12.4. The maximum atomic E-state index is 12.3. The summed E-state index contributed by atoms with van der Waals surface area (Å²) < 4.78 is 0. The number of benzene rings is 2. The second-order valence-electron chi connectivity index (χ2n) is 9.00. The molecule has 1 fully saturated rings. The zero-order valence-corrected chi connectivity index (χ0v) is 20.8. The van der Waals surface area contributed by atoms with E-state index in [0.717, 1.165) is 32.0 Å². The predicted molar refractivity (Wildman–Crippen MR) is 140 cm³/mol. The molecular weight excluding hydrogens is 458 g/mol. The molecule has 0 radical (unpaired) electrons. The Labute approximate surface area is 211 Å². The largest absolute Gasteiger partial charge is 0.356 e. The number of carbonyl (C=O) groups excluding carboxylic acids is 2. The fourth-order valence-electron chi connectivity index (χ4n) is 4.35. The van der Waals surface area contributed by atoms with E-state index in [4.69, 9.17) is 0 Å². The molecule has 1 aliphatic rings. The molecule has 0 atom stereocenters. The van der Waals surface area contributed by atoms with E-state index >= 15 is 0 Å². The number of likely N-dealkylation sites (tertiary alicyclic amines) is 1. The van der Waals surface area contributed by atoms with E-state index in [9.17, 15) is 9.59 Å². The number of aryl methyl sites for hydroxylation is 1. The molecule has 4 rings (SSSR count). The molecule has 8 heteroatoms. The number of aromatic nitrogens is 2. The lowest BCUT2D eigenvalue weighted by Gasteiger charge is -2.32. The summed E-state index contributed by atoms with van der Waals surface area (Å²) in [5.74, 6) is 0.504. The molecule has 35 heavy (non-hydrogen) atoms. The van der Waals surface area contributed by atoms with Crippen molar-refractivity contribution in [3.05, 3.63) is 76.2 Å². The minimum atomic E-state index is -0.284. The molecule has 2 amide bonds. The van der Waals surface area contributed by atoms with Crippen molar-refractivity contribution in [2.45, 2.75) is 38.5 Å². The molecule has 0 unspecified atom stereocenters. The zero-order valence-electron chi connectivity index (χ0n) is 20.0. The van der Waals surface area contributed by atoms with Crippen LogP contribution in [-0.2, 0) is 17.6 Å². The lowest BCUT2D eigenvalue weighted by atomic mass is 9.90. The third kappa shape index (κ3) is 8.26. The number of piperidine rings is 1. The fourth-order valence-corrected chi connectivity index (χ4v) is 5.09. The van der Waals surface area contributed by atoms with Gasteiger partial charge in [-0.05, 0) is 68.9 Å². The quantitative estimate of drug-likeness (QED) is 0.393. The molecule has 1 aliphatic heterocycles. The van der Waals surface area contributed by atoms with Crippen molar-refractivity contribution in [1.29, 1.82) is 0 Å². The van der Waals surface area contributed by atoms with Crippen molar-refractivity contribution < 1.29 is 9.59 Å². The van der Waals surface area contributed by atoms with E-state index in [1.54, 1.807) is 0 Å². The van der Waals surface area contributed by atoms with Crippen LogP contribution in [0.3, 0.4) is 0 Å². The third-order valence-corrected chi connectivity index (χ3v) is 7.29. The third-order valence-electron chi connectivity index (χ3n) is 6.31. The summed E-state index contributed by atoms with van der Waals surface area (Å²) in [6, 6.07) is 20.0. The summed E-state index contributed by atoms with van der Waals surface area (Å²) in [6.45, 7) is 3.99. The van der Waals surface area contributed by atoms with Crippen molar-refractivity contribution in [3.8, 4) is 0 Å². The second-order valence-corrected chi connectivity index (χ2v) is 10.1. The maximum absolute atomic E-state index is 12.3. The smallest absolute Gasteiger partial charge is 0.286 e. The van der Waals surface area contributed by atoms with Crippen molar-refractivity contribution in [2.75, 3.05) is 31.5 Å². The van der Waals surface area contributed by atoms with Gasteiger partial charge in [-0.15, -0.1) is 10.2 Å². The number of anilines is 1. The number of carbonyl (C=O) groups is 2. The molecule has 1 saturated heterocycles. The molecule has 3 aromatic rings. The SMILES string of the molecule is O=C(CCc1nnc(C(=O)Nc2ccccc2)s1)NCCCN1CCC(Cc2ccccc2)CC1. The van der Waals surface area contributed by atoms with Gasteiger partial charge in [0.05, 0.1) is 0 Å². The Bertz CT molecular complexity index is 1070. The highest BCUT2D eigenvalue weighted by Gasteiger charge is 2.19. The highest BCUT2D eigenvalue weighted by Crippen LogP contribution is 2.21. The summed E-state index contributed by atoms with van der Waals surface area (Å²) in [7, 11) is 0. The topological polar surface area (TPSA) is 87.2 Å². The van der Waals surface area contributed by atoms with Crippen LogP contribution in [0.25, 0.3) is 0 Å². The lowest BCUT2D eigenvalue weighted by molar-refractivity contribution is -0.121. The summed E-state index contributed by atoms with van der Waals surface area (Å²) in [5, 5.41) is 14.8. The Kier molecular flexibility index (Phi) is 9.37. The van der Waals surface area contributed by atoms with Gasteiger partial charge in [-0.3, -0.25) is 9.59 Å². The Morgan fingerprint density at radius 3 is 2.43 bits per heavy atom. The first-order chi connectivity index (χ1) is 17.2. The Balaban J connectivity index is 1.07. The van der Waals surface area contributed by atoms with Crippen molar-refractivity contribution >= 4 is 28.8 Å². The van der Waals surface area contributed by atoms with Gasteiger partial charge >= 0.3 is 0 Å². The van der Waals surface area contributed by atoms with Crippen LogP contribution in [0.1, 0.15) is 46.1 Å². The summed E-state index contributed by atoms with van der Waals surface area (Å²) in [4.78, 5) is 27.0. The normalized spacial score (nSPS) is 14.5. The number of rotatable bonds is 11. The number of amides is 2.